The molecule has 1 atom stereocenters. The van der Waals surface area contributed by atoms with Crippen LogP contribution in [0.3, 0.4) is 0 Å². The van der Waals surface area contributed by atoms with Crippen molar-refractivity contribution < 1.29 is 4.79 Å². The normalized spacial score (nSPS) is 21.7. The highest BCUT2D eigenvalue weighted by Gasteiger charge is 2.27. The van der Waals surface area contributed by atoms with Gasteiger partial charge in [-0.3, -0.25) is 9.69 Å². The maximum absolute atomic E-state index is 12.4. The molecule has 1 saturated carbocycles. The fraction of sp³-hybridized carbons (Fsp3) is 0.650. The zero-order valence-electron chi connectivity index (χ0n) is 14.9. The number of amides is 1. The van der Waals surface area contributed by atoms with Gasteiger partial charge in [0.15, 0.2) is 0 Å². The van der Waals surface area contributed by atoms with Crippen LogP contribution in [-0.2, 0) is 11.2 Å². The molecular weight excluding hydrogens is 298 g/mol. The second-order valence-corrected chi connectivity index (χ2v) is 7.28. The van der Waals surface area contributed by atoms with Gasteiger partial charge in [-0.25, -0.2) is 0 Å². The van der Waals surface area contributed by atoms with Crippen LogP contribution in [0.1, 0.15) is 38.2 Å². The predicted molar refractivity (Wildman–Crippen MR) is 98.0 cm³/mol. The van der Waals surface area contributed by atoms with Crippen LogP contribution in [-0.4, -0.2) is 60.5 Å². The number of hydrogen-bond acceptors (Lipinski definition) is 3. The van der Waals surface area contributed by atoms with Crippen molar-refractivity contribution in [1.82, 2.24) is 15.1 Å². The van der Waals surface area contributed by atoms with Crippen molar-refractivity contribution in [3.63, 3.8) is 0 Å². The van der Waals surface area contributed by atoms with E-state index in [4.69, 9.17) is 0 Å². The van der Waals surface area contributed by atoms with E-state index in [1.165, 1.54) is 18.4 Å². The Morgan fingerprint density at radius 1 is 1.12 bits per heavy atom. The highest BCUT2D eigenvalue weighted by Crippen LogP contribution is 2.18. The van der Waals surface area contributed by atoms with E-state index in [1.54, 1.807) is 0 Å². The highest BCUT2D eigenvalue weighted by molar-refractivity contribution is 5.81. The van der Waals surface area contributed by atoms with E-state index in [2.05, 4.69) is 52.4 Å². The van der Waals surface area contributed by atoms with Crippen LogP contribution in [0.25, 0.3) is 0 Å². The summed E-state index contributed by atoms with van der Waals surface area (Å²) in [6, 6.07) is 11.1. The molecule has 1 heterocycles. The molecule has 24 heavy (non-hydrogen) atoms. The quantitative estimate of drug-likeness (QED) is 0.870. The van der Waals surface area contributed by atoms with Crippen molar-refractivity contribution in [3.8, 4) is 0 Å². The molecule has 1 unspecified atom stereocenters. The van der Waals surface area contributed by atoms with Crippen LogP contribution in [0.15, 0.2) is 30.3 Å². The molecule has 4 heteroatoms. The first-order valence-electron chi connectivity index (χ1n) is 9.53. The van der Waals surface area contributed by atoms with Gasteiger partial charge in [0, 0.05) is 38.8 Å². The summed E-state index contributed by atoms with van der Waals surface area (Å²) in [6.45, 7) is 7.29. The minimum Gasteiger partial charge on any atom is -0.352 e. The lowest BCUT2D eigenvalue weighted by atomic mass is 10.1. The Bertz CT molecular complexity index is 505. The highest BCUT2D eigenvalue weighted by atomic mass is 16.2. The monoisotopic (exact) mass is 329 g/mol. The topological polar surface area (TPSA) is 35.6 Å². The SMILES string of the molecule is CC(C(=O)NC1CCCC1)N1CCN(CCc2ccccc2)CC1. The Kier molecular flexibility index (Phi) is 6.27. The second-order valence-electron chi connectivity index (χ2n) is 7.28. The van der Waals surface area contributed by atoms with Gasteiger partial charge in [-0.1, -0.05) is 43.2 Å². The first kappa shape index (κ1) is 17.4. The molecule has 1 amide bonds. The Hall–Kier alpha value is -1.39. The fourth-order valence-electron chi connectivity index (χ4n) is 3.86. The van der Waals surface area contributed by atoms with E-state index in [9.17, 15) is 4.79 Å². The minimum atomic E-state index is 0.00173. The fourth-order valence-corrected chi connectivity index (χ4v) is 3.86. The summed E-state index contributed by atoms with van der Waals surface area (Å²) in [7, 11) is 0. The molecule has 0 spiro atoms. The standard InChI is InChI=1S/C20H31N3O/c1-17(20(24)21-19-9-5-6-10-19)23-15-13-22(14-16-23)12-11-18-7-3-2-4-8-18/h2-4,7-8,17,19H,5-6,9-16H2,1H3,(H,21,24). The van der Waals surface area contributed by atoms with Gasteiger partial charge in [0.2, 0.25) is 5.91 Å². The number of carbonyl (C=O) groups is 1. The average molecular weight is 329 g/mol. The molecular formula is C20H31N3O. The molecule has 1 saturated heterocycles. The molecule has 2 fully saturated rings. The maximum atomic E-state index is 12.4. The van der Waals surface area contributed by atoms with Crippen LogP contribution >= 0.6 is 0 Å². The third kappa shape index (κ3) is 4.81. The van der Waals surface area contributed by atoms with Gasteiger partial charge < -0.3 is 10.2 Å². The molecule has 4 nitrogen and oxygen atoms in total. The first-order valence-corrected chi connectivity index (χ1v) is 9.53. The number of benzene rings is 1. The molecule has 0 radical (unpaired) electrons. The third-order valence-corrected chi connectivity index (χ3v) is 5.60. The molecule has 2 aliphatic rings. The summed E-state index contributed by atoms with van der Waals surface area (Å²) in [5.41, 5.74) is 1.41. The van der Waals surface area contributed by atoms with Crippen LogP contribution < -0.4 is 5.32 Å². The largest absolute Gasteiger partial charge is 0.352 e. The smallest absolute Gasteiger partial charge is 0.237 e. The molecule has 1 aromatic rings. The van der Waals surface area contributed by atoms with Crippen LogP contribution in [0, 0.1) is 0 Å². The Balaban J connectivity index is 1.38. The van der Waals surface area contributed by atoms with E-state index >= 15 is 0 Å². The van der Waals surface area contributed by atoms with Crippen molar-refractivity contribution in [3.05, 3.63) is 35.9 Å². The van der Waals surface area contributed by atoms with Crippen LogP contribution in [0.2, 0.25) is 0 Å². The van der Waals surface area contributed by atoms with Gasteiger partial charge in [-0.15, -0.1) is 0 Å². The molecule has 132 valence electrons. The minimum absolute atomic E-state index is 0.00173. The predicted octanol–water partition coefficient (Wildman–Crippen LogP) is 2.29. The van der Waals surface area contributed by atoms with Crippen molar-refractivity contribution in [2.45, 2.75) is 51.1 Å². The van der Waals surface area contributed by atoms with E-state index < -0.39 is 0 Å². The second kappa shape index (κ2) is 8.63. The zero-order valence-corrected chi connectivity index (χ0v) is 14.9. The van der Waals surface area contributed by atoms with Gasteiger partial charge in [0.05, 0.1) is 6.04 Å². The summed E-state index contributed by atoms with van der Waals surface area (Å²) < 4.78 is 0. The van der Waals surface area contributed by atoms with Crippen molar-refractivity contribution in [2.24, 2.45) is 0 Å². The van der Waals surface area contributed by atoms with Gasteiger partial charge in [-0.2, -0.15) is 0 Å². The van der Waals surface area contributed by atoms with Gasteiger partial charge in [0.1, 0.15) is 0 Å². The number of nitrogens with one attached hydrogen (secondary N) is 1. The van der Waals surface area contributed by atoms with Gasteiger partial charge in [-0.05, 0) is 31.7 Å². The lowest BCUT2D eigenvalue weighted by Crippen LogP contribution is -2.55. The molecule has 1 aliphatic carbocycles. The van der Waals surface area contributed by atoms with Crippen molar-refractivity contribution >= 4 is 5.91 Å². The van der Waals surface area contributed by atoms with Gasteiger partial charge >= 0.3 is 0 Å². The summed E-state index contributed by atoms with van der Waals surface area (Å²) in [5.74, 6) is 0.222. The number of nitrogens with zero attached hydrogens (tertiary/aromatic N) is 2. The molecule has 0 bridgehead atoms. The van der Waals surface area contributed by atoms with E-state index in [-0.39, 0.29) is 11.9 Å². The maximum Gasteiger partial charge on any atom is 0.237 e. The number of piperazine rings is 1. The zero-order chi connectivity index (χ0) is 16.8. The van der Waals surface area contributed by atoms with Gasteiger partial charge in [0.25, 0.3) is 0 Å². The molecule has 1 N–H and O–H groups in total. The van der Waals surface area contributed by atoms with Crippen LogP contribution in [0.4, 0.5) is 0 Å². The Labute approximate surface area is 146 Å². The Morgan fingerprint density at radius 3 is 2.46 bits per heavy atom. The summed E-state index contributed by atoms with van der Waals surface area (Å²) in [4.78, 5) is 17.3. The number of carbonyl (C=O) groups excluding carboxylic acids is 1. The molecule has 0 aromatic heterocycles. The third-order valence-electron chi connectivity index (χ3n) is 5.60. The van der Waals surface area contributed by atoms with Crippen LogP contribution in [0.5, 0.6) is 0 Å². The molecule has 1 aliphatic heterocycles. The lowest BCUT2D eigenvalue weighted by Gasteiger charge is -2.37. The van der Waals surface area contributed by atoms with E-state index in [0.717, 1.165) is 52.0 Å². The van der Waals surface area contributed by atoms with E-state index in [0.29, 0.717) is 6.04 Å². The first-order chi connectivity index (χ1) is 11.7. The summed E-state index contributed by atoms with van der Waals surface area (Å²) in [5, 5.41) is 3.24. The number of rotatable bonds is 6. The summed E-state index contributed by atoms with van der Waals surface area (Å²) >= 11 is 0. The van der Waals surface area contributed by atoms with Crippen molar-refractivity contribution in [1.29, 1.82) is 0 Å². The average Bonchev–Trinajstić information content (AvgIpc) is 3.13. The molecule has 3 rings (SSSR count). The van der Waals surface area contributed by atoms with Crippen molar-refractivity contribution in [2.75, 3.05) is 32.7 Å². The number of hydrogen-bond donors (Lipinski definition) is 1. The lowest BCUT2D eigenvalue weighted by molar-refractivity contribution is -0.127. The molecule has 1 aromatic carbocycles. The Morgan fingerprint density at radius 2 is 1.79 bits per heavy atom. The van der Waals surface area contributed by atoms with E-state index in [1.807, 2.05) is 0 Å². The summed E-state index contributed by atoms with van der Waals surface area (Å²) in [6.07, 6.45) is 5.95.